The van der Waals surface area contributed by atoms with Gasteiger partial charge in [0.2, 0.25) is 0 Å². The number of rotatable bonds is 7. The lowest BCUT2D eigenvalue weighted by molar-refractivity contribution is 0.166. The van der Waals surface area contributed by atoms with Crippen molar-refractivity contribution < 1.29 is 9.84 Å². The number of benzene rings is 1. The third-order valence-corrected chi connectivity index (χ3v) is 4.56. The lowest BCUT2D eigenvalue weighted by Gasteiger charge is -2.32. The SMILES string of the molecule is Nc1nccnc1CC1CCCN(Cc2cccc(OCCO)c2)C1. The molecular formula is C19H26N4O2. The molecule has 1 aromatic heterocycles. The average molecular weight is 342 g/mol. The molecule has 6 heteroatoms. The van der Waals surface area contributed by atoms with Crippen molar-refractivity contribution in [3.05, 3.63) is 47.9 Å². The van der Waals surface area contributed by atoms with Crippen molar-refractivity contribution in [2.75, 3.05) is 32.0 Å². The molecule has 0 aliphatic carbocycles. The molecule has 1 unspecified atom stereocenters. The first-order chi connectivity index (χ1) is 12.2. The first-order valence-corrected chi connectivity index (χ1v) is 8.85. The van der Waals surface area contributed by atoms with Gasteiger partial charge in [-0.25, -0.2) is 4.98 Å². The molecule has 1 aliphatic heterocycles. The molecule has 134 valence electrons. The van der Waals surface area contributed by atoms with Gasteiger partial charge in [0.1, 0.15) is 18.2 Å². The number of hydrogen-bond acceptors (Lipinski definition) is 6. The normalized spacial score (nSPS) is 18.2. The summed E-state index contributed by atoms with van der Waals surface area (Å²) >= 11 is 0. The van der Waals surface area contributed by atoms with E-state index in [0.717, 1.165) is 37.5 Å². The lowest BCUT2D eigenvalue weighted by Crippen LogP contribution is -2.36. The van der Waals surface area contributed by atoms with E-state index in [-0.39, 0.29) is 6.61 Å². The van der Waals surface area contributed by atoms with E-state index in [9.17, 15) is 0 Å². The molecule has 3 N–H and O–H groups in total. The van der Waals surface area contributed by atoms with Crippen LogP contribution in [-0.4, -0.2) is 46.3 Å². The number of piperidine rings is 1. The highest BCUT2D eigenvalue weighted by atomic mass is 16.5. The zero-order chi connectivity index (χ0) is 17.5. The molecule has 1 aromatic carbocycles. The summed E-state index contributed by atoms with van der Waals surface area (Å²) in [6.07, 6.45) is 6.62. The van der Waals surface area contributed by atoms with Gasteiger partial charge in [-0.3, -0.25) is 9.88 Å². The van der Waals surface area contributed by atoms with Gasteiger partial charge in [0.05, 0.1) is 12.3 Å². The van der Waals surface area contributed by atoms with E-state index in [1.807, 2.05) is 12.1 Å². The van der Waals surface area contributed by atoms with Crippen LogP contribution in [0.2, 0.25) is 0 Å². The third-order valence-electron chi connectivity index (χ3n) is 4.56. The smallest absolute Gasteiger partial charge is 0.145 e. The van der Waals surface area contributed by atoms with E-state index < -0.39 is 0 Å². The minimum Gasteiger partial charge on any atom is -0.491 e. The molecule has 1 saturated heterocycles. The number of likely N-dealkylation sites (tertiary alicyclic amines) is 1. The van der Waals surface area contributed by atoms with Crippen LogP contribution in [0, 0.1) is 5.92 Å². The van der Waals surface area contributed by atoms with Gasteiger partial charge in [0.15, 0.2) is 0 Å². The van der Waals surface area contributed by atoms with Crippen LogP contribution in [0.25, 0.3) is 0 Å². The van der Waals surface area contributed by atoms with Crippen LogP contribution in [0.3, 0.4) is 0 Å². The van der Waals surface area contributed by atoms with Gasteiger partial charge in [0, 0.05) is 25.5 Å². The Balaban J connectivity index is 1.57. The Labute approximate surface area is 148 Å². The molecule has 2 heterocycles. The molecule has 1 atom stereocenters. The zero-order valence-electron chi connectivity index (χ0n) is 14.5. The number of aliphatic hydroxyl groups excluding tert-OH is 1. The molecule has 0 bridgehead atoms. The molecule has 0 amide bonds. The third kappa shape index (κ3) is 5.14. The van der Waals surface area contributed by atoms with Crippen molar-refractivity contribution in [3.8, 4) is 5.75 Å². The number of nitrogen functional groups attached to an aromatic ring is 1. The number of aliphatic hydroxyl groups is 1. The Morgan fingerprint density at radius 3 is 3.00 bits per heavy atom. The van der Waals surface area contributed by atoms with Crippen LogP contribution in [0.5, 0.6) is 5.75 Å². The van der Waals surface area contributed by atoms with Crippen LogP contribution in [0.4, 0.5) is 5.82 Å². The molecular weight excluding hydrogens is 316 g/mol. The van der Waals surface area contributed by atoms with Crippen molar-refractivity contribution >= 4 is 5.82 Å². The van der Waals surface area contributed by atoms with E-state index in [1.165, 1.54) is 18.4 Å². The fourth-order valence-electron chi connectivity index (χ4n) is 3.43. The second kappa shape index (κ2) is 8.78. The zero-order valence-corrected chi connectivity index (χ0v) is 14.5. The van der Waals surface area contributed by atoms with Crippen LogP contribution >= 0.6 is 0 Å². The summed E-state index contributed by atoms with van der Waals surface area (Å²) in [6, 6.07) is 8.11. The Hall–Kier alpha value is -2.18. The minimum atomic E-state index is 0.0313. The van der Waals surface area contributed by atoms with Gasteiger partial charge >= 0.3 is 0 Å². The summed E-state index contributed by atoms with van der Waals surface area (Å²) in [7, 11) is 0. The minimum absolute atomic E-state index is 0.0313. The topological polar surface area (TPSA) is 84.5 Å². The summed E-state index contributed by atoms with van der Waals surface area (Å²) < 4.78 is 5.50. The standard InChI is InChI=1S/C19H26N4O2/c20-19-18(21-6-7-22-19)12-16-4-2-8-23(14-16)13-15-3-1-5-17(11-15)25-10-9-24/h1,3,5-7,11,16,24H,2,4,8-10,12-14H2,(H2,20,22). The molecule has 1 aliphatic rings. The number of nitrogens with zero attached hydrogens (tertiary/aromatic N) is 3. The van der Waals surface area contributed by atoms with Crippen molar-refractivity contribution in [3.63, 3.8) is 0 Å². The van der Waals surface area contributed by atoms with Gasteiger partial charge in [-0.15, -0.1) is 0 Å². The predicted octanol–water partition coefficient (Wildman–Crippen LogP) is 1.88. The Kier molecular flexibility index (Phi) is 6.19. The van der Waals surface area contributed by atoms with Gasteiger partial charge < -0.3 is 15.6 Å². The quantitative estimate of drug-likeness (QED) is 0.799. The Bertz CT molecular complexity index is 680. The second-order valence-corrected chi connectivity index (χ2v) is 6.56. The summed E-state index contributed by atoms with van der Waals surface area (Å²) in [6.45, 7) is 3.41. The van der Waals surface area contributed by atoms with Gasteiger partial charge in [-0.2, -0.15) is 0 Å². The number of ether oxygens (including phenoxy) is 1. The Morgan fingerprint density at radius 2 is 2.16 bits per heavy atom. The molecule has 0 spiro atoms. The first kappa shape index (κ1) is 17.6. The number of anilines is 1. The summed E-state index contributed by atoms with van der Waals surface area (Å²) in [5, 5.41) is 8.88. The van der Waals surface area contributed by atoms with E-state index in [1.54, 1.807) is 12.4 Å². The van der Waals surface area contributed by atoms with Crippen molar-refractivity contribution in [1.29, 1.82) is 0 Å². The van der Waals surface area contributed by atoms with E-state index in [4.69, 9.17) is 15.6 Å². The largest absolute Gasteiger partial charge is 0.491 e. The van der Waals surface area contributed by atoms with E-state index in [0.29, 0.717) is 18.3 Å². The molecule has 3 rings (SSSR count). The maximum atomic E-state index is 8.88. The van der Waals surface area contributed by atoms with E-state index >= 15 is 0 Å². The predicted molar refractivity (Wildman–Crippen MR) is 97.2 cm³/mol. The molecule has 1 fully saturated rings. The monoisotopic (exact) mass is 342 g/mol. The molecule has 25 heavy (non-hydrogen) atoms. The highest BCUT2D eigenvalue weighted by Gasteiger charge is 2.21. The maximum Gasteiger partial charge on any atom is 0.145 e. The van der Waals surface area contributed by atoms with Crippen molar-refractivity contribution in [2.24, 2.45) is 5.92 Å². The number of aromatic nitrogens is 2. The molecule has 0 radical (unpaired) electrons. The van der Waals surface area contributed by atoms with Crippen molar-refractivity contribution in [1.82, 2.24) is 14.9 Å². The van der Waals surface area contributed by atoms with Crippen LogP contribution in [0.1, 0.15) is 24.1 Å². The van der Waals surface area contributed by atoms with Crippen LogP contribution < -0.4 is 10.5 Å². The fourth-order valence-corrected chi connectivity index (χ4v) is 3.43. The molecule has 0 saturated carbocycles. The maximum absolute atomic E-state index is 8.88. The van der Waals surface area contributed by atoms with Gasteiger partial charge in [-0.1, -0.05) is 12.1 Å². The van der Waals surface area contributed by atoms with E-state index in [2.05, 4.69) is 27.0 Å². The Morgan fingerprint density at radius 1 is 1.28 bits per heavy atom. The fraction of sp³-hybridized carbons (Fsp3) is 0.474. The van der Waals surface area contributed by atoms with Gasteiger partial charge in [-0.05, 0) is 49.4 Å². The molecule has 6 nitrogen and oxygen atoms in total. The lowest BCUT2D eigenvalue weighted by atomic mass is 9.93. The summed E-state index contributed by atoms with van der Waals surface area (Å²) in [4.78, 5) is 11.0. The molecule has 2 aromatic rings. The summed E-state index contributed by atoms with van der Waals surface area (Å²) in [5.41, 5.74) is 8.08. The average Bonchev–Trinajstić information content (AvgIpc) is 2.63. The van der Waals surface area contributed by atoms with Crippen molar-refractivity contribution in [2.45, 2.75) is 25.8 Å². The van der Waals surface area contributed by atoms with Gasteiger partial charge in [0.25, 0.3) is 0 Å². The van der Waals surface area contributed by atoms with Crippen LogP contribution in [-0.2, 0) is 13.0 Å². The second-order valence-electron chi connectivity index (χ2n) is 6.56. The number of nitrogens with two attached hydrogens (primary N) is 1. The highest BCUT2D eigenvalue weighted by molar-refractivity contribution is 5.33. The van der Waals surface area contributed by atoms with Crippen LogP contribution in [0.15, 0.2) is 36.7 Å². The highest BCUT2D eigenvalue weighted by Crippen LogP contribution is 2.23. The summed E-state index contributed by atoms with van der Waals surface area (Å²) in [5.74, 6) is 1.92. The number of hydrogen-bond donors (Lipinski definition) is 2. The first-order valence-electron chi connectivity index (χ1n) is 8.85.